The molecule has 46 valence electrons. The molecular weight excluding hydrogens is 98.9 g/mol. The van der Waals surface area contributed by atoms with E-state index in [2.05, 4.69) is 0 Å². The average molecular weight is 112 g/mol. The summed E-state index contributed by atoms with van der Waals surface area (Å²) in [5, 5.41) is 0. The second-order valence-electron chi connectivity index (χ2n) is 1.95. The SMILES string of the molecule is CB=CCOC(C)C. The zero-order valence-corrected chi connectivity index (χ0v) is 5.85. The third kappa shape index (κ3) is 5.89. The van der Waals surface area contributed by atoms with Gasteiger partial charge in [0.25, 0.3) is 0 Å². The quantitative estimate of drug-likeness (QED) is 0.494. The first-order valence-electron chi connectivity index (χ1n) is 3.00. The van der Waals surface area contributed by atoms with Gasteiger partial charge in [0.2, 0.25) is 0 Å². The molecule has 0 rings (SSSR count). The monoisotopic (exact) mass is 112 g/mol. The molecule has 0 amide bonds. The van der Waals surface area contributed by atoms with E-state index < -0.39 is 0 Å². The van der Waals surface area contributed by atoms with Gasteiger partial charge in [-0.25, -0.2) is 0 Å². The number of rotatable bonds is 3. The van der Waals surface area contributed by atoms with E-state index in [1.54, 1.807) is 0 Å². The van der Waals surface area contributed by atoms with Gasteiger partial charge in [-0.15, -0.1) is 0 Å². The molecule has 0 aromatic heterocycles. The van der Waals surface area contributed by atoms with E-state index in [0.29, 0.717) is 6.10 Å². The van der Waals surface area contributed by atoms with Crippen molar-refractivity contribution in [2.75, 3.05) is 6.61 Å². The molecule has 0 unspecified atom stereocenters. The normalized spacial score (nSPS) is 10.5. The van der Waals surface area contributed by atoms with Gasteiger partial charge >= 0.3 is 51.0 Å². The second-order valence-corrected chi connectivity index (χ2v) is 1.95. The van der Waals surface area contributed by atoms with Crippen LogP contribution in [0.25, 0.3) is 0 Å². The second kappa shape index (κ2) is 5.04. The zero-order valence-electron chi connectivity index (χ0n) is 5.85. The molecule has 2 heteroatoms. The third-order valence-electron chi connectivity index (χ3n) is 0.761. The molecule has 0 aromatic rings. The van der Waals surface area contributed by atoms with Crippen molar-refractivity contribution < 1.29 is 4.74 Å². The first kappa shape index (κ1) is 7.89. The summed E-state index contributed by atoms with van der Waals surface area (Å²) >= 11 is 0. The first-order valence-corrected chi connectivity index (χ1v) is 3.00. The van der Waals surface area contributed by atoms with Gasteiger partial charge in [-0.2, -0.15) is 0 Å². The van der Waals surface area contributed by atoms with Crippen LogP contribution in [0.1, 0.15) is 13.8 Å². The van der Waals surface area contributed by atoms with Crippen LogP contribution in [0, 0.1) is 0 Å². The Morgan fingerprint density at radius 2 is 2.25 bits per heavy atom. The van der Waals surface area contributed by atoms with E-state index in [1.165, 1.54) is 0 Å². The van der Waals surface area contributed by atoms with Crippen molar-refractivity contribution in [2.45, 2.75) is 26.8 Å². The fraction of sp³-hybridized carbons (Fsp3) is 0.833. The molecule has 0 saturated heterocycles. The summed E-state index contributed by atoms with van der Waals surface area (Å²) in [4.78, 5) is 0. The van der Waals surface area contributed by atoms with Crippen molar-refractivity contribution in [3.05, 3.63) is 0 Å². The standard InChI is InChI=1S/C6H13BO/c1-6(2)8-5-4-7-3/h4,6H,5H2,1-3H3. The minimum atomic E-state index is 0.353. The molecule has 0 aliphatic heterocycles. The topological polar surface area (TPSA) is 9.23 Å². The van der Waals surface area contributed by atoms with Gasteiger partial charge < -0.3 is 0 Å². The van der Waals surface area contributed by atoms with E-state index in [9.17, 15) is 0 Å². The summed E-state index contributed by atoms with van der Waals surface area (Å²) in [6.45, 7) is 8.78. The third-order valence-corrected chi connectivity index (χ3v) is 0.761. The Labute approximate surface area is 52.0 Å². The van der Waals surface area contributed by atoms with E-state index in [0.717, 1.165) is 6.61 Å². The van der Waals surface area contributed by atoms with Crippen LogP contribution in [0.2, 0.25) is 6.82 Å². The van der Waals surface area contributed by atoms with Crippen LogP contribution in [0.3, 0.4) is 0 Å². The molecule has 0 atom stereocenters. The fourth-order valence-electron chi connectivity index (χ4n) is 0.344. The molecule has 0 heterocycles. The Kier molecular flexibility index (Phi) is 4.97. The predicted octanol–water partition coefficient (Wildman–Crippen LogP) is 0.966. The average Bonchev–Trinajstić information content (AvgIpc) is 1.66. The number of ether oxygens (including phenoxy) is 1. The van der Waals surface area contributed by atoms with Crippen LogP contribution < -0.4 is 0 Å². The summed E-state index contributed by atoms with van der Waals surface area (Å²) in [5.74, 6) is 2.00. The van der Waals surface area contributed by atoms with E-state index in [-0.39, 0.29) is 0 Å². The molecule has 8 heavy (non-hydrogen) atoms. The number of hydrogen-bond donors (Lipinski definition) is 0. The molecule has 0 radical (unpaired) electrons. The van der Waals surface area contributed by atoms with Crippen LogP contribution in [-0.2, 0) is 4.74 Å². The Hall–Kier alpha value is -0.105. The molecule has 0 fully saturated rings. The van der Waals surface area contributed by atoms with E-state index in [1.807, 2.05) is 33.6 Å². The van der Waals surface area contributed by atoms with Gasteiger partial charge in [-0.3, -0.25) is 0 Å². The molecule has 0 aliphatic carbocycles. The molecule has 0 spiro atoms. The van der Waals surface area contributed by atoms with Crippen LogP contribution >= 0.6 is 0 Å². The van der Waals surface area contributed by atoms with Gasteiger partial charge in [0.05, 0.1) is 0 Å². The summed E-state index contributed by atoms with van der Waals surface area (Å²) in [6.07, 6.45) is 0.353. The molecule has 0 bridgehead atoms. The summed E-state index contributed by atoms with van der Waals surface area (Å²) < 4.78 is 5.20. The zero-order chi connectivity index (χ0) is 6.41. The van der Waals surface area contributed by atoms with Crippen LogP contribution in [-0.4, -0.2) is 25.6 Å². The van der Waals surface area contributed by atoms with Crippen molar-refractivity contribution in [2.24, 2.45) is 0 Å². The van der Waals surface area contributed by atoms with Crippen molar-refractivity contribution in [3.63, 3.8) is 0 Å². The van der Waals surface area contributed by atoms with Crippen molar-refractivity contribution in [1.29, 1.82) is 0 Å². The Morgan fingerprint density at radius 1 is 1.62 bits per heavy atom. The van der Waals surface area contributed by atoms with Crippen molar-refractivity contribution >= 4 is 12.9 Å². The maximum atomic E-state index is 5.20. The minimum absolute atomic E-state index is 0.353. The predicted molar refractivity (Wildman–Crippen MR) is 38.8 cm³/mol. The van der Waals surface area contributed by atoms with Gasteiger partial charge in [0, 0.05) is 0 Å². The number of hydrogen-bond acceptors (Lipinski definition) is 1. The first-order chi connectivity index (χ1) is 3.77. The van der Waals surface area contributed by atoms with Gasteiger partial charge in [-0.05, 0) is 0 Å². The summed E-state index contributed by atoms with van der Waals surface area (Å²) in [7, 11) is 0. The molecule has 0 N–H and O–H groups in total. The van der Waals surface area contributed by atoms with Crippen molar-refractivity contribution in [1.82, 2.24) is 0 Å². The van der Waals surface area contributed by atoms with Crippen LogP contribution in [0.4, 0.5) is 0 Å². The fourth-order valence-corrected chi connectivity index (χ4v) is 0.344. The van der Waals surface area contributed by atoms with Crippen LogP contribution in [0.5, 0.6) is 0 Å². The summed E-state index contributed by atoms with van der Waals surface area (Å²) in [5.41, 5.74) is 0. The van der Waals surface area contributed by atoms with E-state index in [4.69, 9.17) is 4.74 Å². The molecule has 0 saturated carbocycles. The summed E-state index contributed by atoms with van der Waals surface area (Å²) in [6, 6.07) is 0. The molecule has 0 aliphatic rings. The maximum absolute atomic E-state index is 5.20. The van der Waals surface area contributed by atoms with Crippen LogP contribution in [0.15, 0.2) is 0 Å². The van der Waals surface area contributed by atoms with E-state index >= 15 is 0 Å². The Morgan fingerprint density at radius 3 is 2.62 bits per heavy atom. The van der Waals surface area contributed by atoms with Gasteiger partial charge in [0.1, 0.15) is 0 Å². The van der Waals surface area contributed by atoms with Gasteiger partial charge in [0.15, 0.2) is 0 Å². The Balaban J connectivity index is 2.93. The Bertz CT molecular complexity index is 68.9. The molecule has 1 nitrogen and oxygen atoms in total. The molecular formula is C6H13BO. The molecule has 0 aromatic carbocycles. The van der Waals surface area contributed by atoms with Crippen molar-refractivity contribution in [3.8, 4) is 0 Å². The van der Waals surface area contributed by atoms with Gasteiger partial charge in [-0.1, -0.05) is 0 Å².